The fraction of sp³-hybridized carbons (Fsp3) is 0.696. The number of carbonyl (C=O) groups excluding carboxylic acids is 1. The van der Waals surface area contributed by atoms with Crippen molar-refractivity contribution in [3.8, 4) is 0 Å². The van der Waals surface area contributed by atoms with Crippen molar-refractivity contribution in [2.45, 2.75) is 70.1 Å². The van der Waals surface area contributed by atoms with Gasteiger partial charge in [0.2, 0.25) is 0 Å². The standard InChI is InChI=1S/C23H32F6N2O4/c1-5-6-13-34-15-18-14-30(19(32)35-20(2,3)4)11-12-31(18)17-9-7-16(8-10-17)21(33,22(24,25)26)23(27,28)29/h7-10,18,33H,5-6,11-15H2,1-4H3/t18-/m1/s1. The first-order valence-corrected chi connectivity index (χ1v) is 11.3. The Morgan fingerprint density at radius 2 is 1.60 bits per heavy atom. The lowest BCUT2D eigenvalue weighted by molar-refractivity contribution is -0.376. The molecule has 12 heteroatoms. The molecule has 1 aliphatic rings. The average molecular weight is 515 g/mol. The zero-order valence-electron chi connectivity index (χ0n) is 20.2. The number of benzene rings is 1. The second-order valence-electron chi connectivity index (χ2n) is 9.45. The van der Waals surface area contributed by atoms with E-state index in [1.807, 2.05) is 6.92 Å². The zero-order valence-corrected chi connectivity index (χ0v) is 20.2. The van der Waals surface area contributed by atoms with E-state index < -0.39 is 41.3 Å². The molecule has 0 bridgehead atoms. The lowest BCUT2D eigenvalue weighted by Crippen LogP contribution is -2.57. The molecular formula is C23H32F6N2O4. The number of nitrogens with zero attached hydrogens (tertiary/aromatic N) is 2. The number of halogens is 6. The van der Waals surface area contributed by atoms with Crippen LogP contribution < -0.4 is 4.90 Å². The van der Waals surface area contributed by atoms with Gasteiger partial charge in [0.05, 0.1) is 12.6 Å². The molecule has 1 N–H and O–H groups in total. The summed E-state index contributed by atoms with van der Waals surface area (Å²) in [6.45, 7) is 8.53. The molecule has 1 saturated heterocycles. The van der Waals surface area contributed by atoms with Crippen LogP contribution in [0.3, 0.4) is 0 Å². The third-order valence-electron chi connectivity index (χ3n) is 5.52. The van der Waals surface area contributed by atoms with E-state index in [1.165, 1.54) is 4.90 Å². The zero-order chi connectivity index (χ0) is 26.7. The number of aliphatic hydroxyl groups is 1. The number of hydrogen-bond donors (Lipinski definition) is 1. The first kappa shape index (κ1) is 29.0. The van der Waals surface area contributed by atoms with Crippen molar-refractivity contribution in [2.75, 3.05) is 37.7 Å². The Balaban J connectivity index is 2.28. The van der Waals surface area contributed by atoms with Crippen LogP contribution in [0.4, 0.5) is 36.8 Å². The molecule has 0 aromatic heterocycles. The maximum Gasteiger partial charge on any atom is 0.430 e. The summed E-state index contributed by atoms with van der Waals surface area (Å²) >= 11 is 0. The minimum absolute atomic E-state index is 0.191. The lowest BCUT2D eigenvalue weighted by Gasteiger charge is -2.43. The summed E-state index contributed by atoms with van der Waals surface area (Å²) in [5, 5.41) is 9.62. The summed E-state index contributed by atoms with van der Waals surface area (Å²) < 4.78 is 90.3. The molecule has 0 aliphatic carbocycles. The Morgan fingerprint density at radius 1 is 1.03 bits per heavy atom. The fourth-order valence-corrected chi connectivity index (χ4v) is 3.68. The van der Waals surface area contributed by atoms with E-state index in [9.17, 15) is 36.2 Å². The Labute approximate surface area is 200 Å². The molecule has 1 aromatic carbocycles. The number of carbonyl (C=O) groups is 1. The van der Waals surface area contributed by atoms with Crippen molar-refractivity contribution >= 4 is 11.8 Å². The van der Waals surface area contributed by atoms with E-state index in [0.29, 0.717) is 24.4 Å². The normalized spacial score (nSPS) is 18.1. The Morgan fingerprint density at radius 3 is 2.09 bits per heavy atom. The number of piperazine rings is 1. The molecule has 0 saturated carbocycles. The van der Waals surface area contributed by atoms with E-state index in [2.05, 4.69) is 0 Å². The number of hydrogen-bond acceptors (Lipinski definition) is 5. The van der Waals surface area contributed by atoms with Crippen molar-refractivity contribution in [3.63, 3.8) is 0 Å². The van der Waals surface area contributed by atoms with Crippen LogP contribution in [0, 0.1) is 0 Å². The van der Waals surface area contributed by atoms with Gasteiger partial charge < -0.3 is 24.4 Å². The summed E-state index contributed by atoms with van der Waals surface area (Å²) in [7, 11) is 0. The minimum Gasteiger partial charge on any atom is -0.444 e. The van der Waals surface area contributed by atoms with Crippen LogP contribution in [0.5, 0.6) is 0 Å². The molecule has 200 valence electrons. The molecule has 1 atom stereocenters. The third-order valence-corrected chi connectivity index (χ3v) is 5.52. The predicted molar refractivity (Wildman–Crippen MR) is 117 cm³/mol. The molecule has 1 aliphatic heterocycles. The number of anilines is 1. The van der Waals surface area contributed by atoms with Gasteiger partial charge in [-0.1, -0.05) is 25.5 Å². The van der Waals surface area contributed by atoms with Gasteiger partial charge in [-0.2, -0.15) is 26.3 Å². The first-order chi connectivity index (χ1) is 16.0. The number of alkyl halides is 6. The van der Waals surface area contributed by atoms with E-state index in [1.54, 1.807) is 25.7 Å². The van der Waals surface area contributed by atoms with Crippen LogP contribution >= 0.6 is 0 Å². The van der Waals surface area contributed by atoms with Gasteiger partial charge in [0.15, 0.2) is 0 Å². The molecule has 1 heterocycles. The molecule has 35 heavy (non-hydrogen) atoms. The molecule has 1 amide bonds. The van der Waals surface area contributed by atoms with Crippen LogP contribution in [0.1, 0.15) is 46.1 Å². The maximum absolute atomic E-state index is 13.2. The quantitative estimate of drug-likeness (QED) is 0.398. The van der Waals surface area contributed by atoms with Crippen molar-refractivity contribution < 1.29 is 45.7 Å². The van der Waals surface area contributed by atoms with E-state index >= 15 is 0 Å². The van der Waals surface area contributed by atoms with Gasteiger partial charge in [-0.05, 0) is 39.3 Å². The molecule has 6 nitrogen and oxygen atoms in total. The second-order valence-corrected chi connectivity index (χ2v) is 9.45. The van der Waals surface area contributed by atoms with Gasteiger partial charge in [-0.15, -0.1) is 0 Å². The largest absolute Gasteiger partial charge is 0.444 e. The van der Waals surface area contributed by atoms with Gasteiger partial charge in [-0.25, -0.2) is 4.79 Å². The molecule has 0 spiro atoms. The number of rotatable bonds is 7. The monoisotopic (exact) mass is 514 g/mol. The van der Waals surface area contributed by atoms with Crippen molar-refractivity contribution in [3.05, 3.63) is 29.8 Å². The smallest absolute Gasteiger partial charge is 0.430 e. The molecule has 0 unspecified atom stereocenters. The highest BCUT2D eigenvalue weighted by molar-refractivity contribution is 5.69. The van der Waals surface area contributed by atoms with E-state index in [4.69, 9.17) is 9.47 Å². The van der Waals surface area contributed by atoms with Crippen LogP contribution in [-0.2, 0) is 15.1 Å². The van der Waals surface area contributed by atoms with Gasteiger partial charge in [-0.3, -0.25) is 0 Å². The summed E-state index contributed by atoms with van der Waals surface area (Å²) in [5.41, 5.74) is -6.68. The van der Waals surface area contributed by atoms with Gasteiger partial charge >= 0.3 is 18.4 Å². The summed E-state index contributed by atoms with van der Waals surface area (Å²) in [6, 6.07) is 3.01. The average Bonchev–Trinajstić information content (AvgIpc) is 2.73. The summed E-state index contributed by atoms with van der Waals surface area (Å²) in [6.07, 6.45) is -10.7. The number of unbranched alkanes of at least 4 members (excludes halogenated alkanes) is 1. The minimum atomic E-state index is -5.96. The molecule has 1 aromatic rings. The second kappa shape index (κ2) is 10.8. The Bertz CT molecular complexity index is 822. The van der Waals surface area contributed by atoms with E-state index in [0.717, 1.165) is 25.0 Å². The third kappa shape index (κ3) is 6.93. The van der Waals surface area contributed by atoms with Crippen LogP contribution in [0.2, 0.25) is 0 Å². The topological polar surface area (TPSA) is 62.2 Å². The highest BCUT2D eigenvalue weighted by Crippen LogP contribution is 2.50. The highest BCUT2D eigenvalue weighted by Gasteiger charge is 2.71. The highest BCUT2D eigenvalue weighted by atomic mass is 19.4. The molecule has 0 radical (unpaired) electrons. The molecule has 1 fully saturated rings. The van der Waals surface area contributed by atoms with Crippen molar-refractivity contribution in [1.29, 1.82) is 0 Å². The fourth-order valence-electron chi connectivity index (χ4n) is 3.68. The molecular weight excluding hydrogens is 482 g/mol. The SMILES string of the molecule is CCCCOC[C@H]1CN(C(=O)OC(C)(C)C)CCN1c1ccc(C(O)(C(F)(F)F)C(F)(F)F)cc1. The van der Waals surface area contributed by atoms with Crippen molar-refractivity contribution in [2.24, 2.45) is 0 Å². The van der Waals surface area contributed by atoms with Crippen molar-refractivity contribution in [1.82, 2.24) is 4.90 Å². The van der Waals surface area contributed by atoms with Gasteiger partial charge in [0, 0.05) is 37.5 Å². The Kier molecular flexibility index (Phi) is 8.97. The van der Waals surface area contributed by atoms with Gasteiger partial charge in [0.25, 0.3) is 5.60 Å². The number of ether oxygens (including phenoxy) is 2. The lowest BCUT2D eigenvalue weighted by atomic mass is 9.92. The molecule has 2 rings (SSSR count). The van der Waals surface area contributed by atoms with Crippen LogP contribution in [0.15, 0.2) is 24.3 Å². The predicted octanol–water partition coefficient (Wildman–Crippen LogP) is 5.24. The van der Waals surface area contributed by atoms with Crippen LogP contribution in [0.25, 0.3) is 0 Å². The number of amides is 1. The van der Waals surface area contributed by atoms with Gasteiger partial charge in [0.1, 0.15) is 5.60 Å². The maximum atomic E-state index is 13.2. The summed E-state index contributed by atoms with van der Waals surface area (Å²) in [4.78, 5) is 15.8. The summed E-state index contributed by atoms with van der Waals surface area (Å²) in [5.74, 6) is 0. The first-order valence-electron chi connectivity index (χ1n) is 11.3. The Hall–Kier alpha value is -2.21. The van der Waals surface area contributed by atoms with Crippen LogP contribution in [-0.4, -0.2) is 72.9 Å². The van der Waals surface area contributed by atoms with E-state index in [-0.39, 0.29) is 26.2 Å².